The molecular weight excluding hydrogens is 356 g/mol. The summed E-state index contributed by atoms with van der Waals surface area (Å²) in [6, 6.07) is 4.62. The van der Waals surface area contributed by atoms with E-state index in [1.165, 1.54) is 16.7 Å². The predicted octanol–water partition coefficient (Wildman–Crippen LogP) is 7.19. The molecule has 168 valence electrons. The molecule has 2 unspecified atom stereocenters. The SMILES string of the molecule is CCCCC(CC)(CO)C(O)c1c(C(C)(C)C)cc(C(C)(C)C)cc1C(C)(C)C. The van der Waals surface area contributed by atoms with Gasteiger partial charge in [-0.2, -0.15) is 0 Å². The summed E-state index contributed by atoms with van der Waals surface area (Å²) in [4.78, 5) is 0. The number of unbranched alkanes of at least 4 members (excludes halogenated alkanes) is 1. The van der Waals surface area contributed by atoms with Crippen LogP contribution in [0.25, 0.3) is 0 Å². The van der Waals surface area contributed by atoms with E-state index in [0.29, 0.717) is 0 Å². The molecule has 2 heteroatoms. The van der Waals surface area contributed by atoms with Crippen LogP contribution < -0.4 is 0 Å². The van der Waals surface area contributed by atoms with Crippen molar-refractivity contribution in [1.82, 2.24) is 0 Å². The molecule has 0 radical (unpaired) electrons. The van der Waals surface area contributed by atoms with Crippen LogP contribution in [-0.2, 0) is 16.2 Å². The van der Waals surface area contributed by atoms with E-state index in [2.05, 4.69) is 88.3 Å². The predicted molar refractivity (Wildman–Crippen MR) is 127 cm³/mol. The highest BCUT2D eigenvalue weighted by molar-refractivity contribution is 5.49. The maximum Gasteiger partial charge on any atom is 0.0873 e. The lowest BCUT2D eigenvalue weighted by molar-refractivity contribution is -0.0319. The van der Waals surface area contributed by atoms with Gasteiger partial charge in [0.1, 0.15) is 0 Å². The fourth-order valence-corrected chi connectivity index (χ4v) is 4.24. The maximum absolute atomic E-state index is 11.9. The third-order valence-electron chi connectivity index (χ3n) is 6.56. The Bertz CT molecular complexity index is 626. The highest BCUT2D eigenvalue weighted by Gasteiger charge is 2.41. The lowest BCUT2D eigenvalue weighted by Gasteiger charge is -2.42. The third-order valence-corrected chi connectivity index (χ3v) is 6.56. The van der Waals surface area contributed by atoms with Gasteiger partial charge in [-0.3, -0.25) is 0 Å². The molecule has 2 nitrogen and oxygen atoms in total. The molecule has 2 N–H and O–H groups in total. The average Bonchev–Trinajstić information content (AvgIpc) is 2.59. The van der Waals surface area contributed by atoms with Crippen molar-refractivity contribution in [3.05, 3.63) is 34.4 Å². The summed E-state index contributed by atoms with van der Waals surface area (Å²) in [5.74, 6) is 0. The van der Waals surface area contributed by atoms with E-state index < -0.39 is 11.5 Å². The Morgan fingerprint density at radius 1 is 0.793 bits per heavy atom. The molecule has 0 aliphatic heterocycles. The van der Waals surface area contributed by atoms with Crippen molar-refractivity contribution in [1.29, 1.82) is 0 Å². The van der Waals surface area contributed by atoms with Gasteiger partial charge in [-0.25, -0.2) is 0 Å². The molecule has 0 saturated carbocycles. The summed E-state index contributed by atoms with van der Waals surface area (Å²) in [7, 11) is 0. The van der Waals surface area contributed by atoms with Gasteiger partial charge in [0.2, 0.25) is 0 Å². The summed E-state index contributed by atoms with van der Waals surface area (Å²) in [5, 5.41) is 22.3. The molecule has 1 aromatic carbocycles. The second-order valence-electron chi connectivity index (χ2n) is 12.1. The van der Waals surface area contributed by atoms with Crippen LogP contribution in [0.15, 0.2) is 12.1 Å². The molecule has 0 spiro atoms. The molecule has 0 saturated heterocycles. The number of rotatable bonds is 7. The van der Waals surface area contributed by atoms with E-state index in [4.69, 9.17) is 0 Å². The molecule has 29 heavy (non-hydrogen) atoms. The molecule has 0 bridgehead atoms. The fraction of sp³-hybridized carbons (Fsp3) is 0.778. The van der Waals surface area contributed by atoms with Crippen molar-refractivity contribution in [2.75, 3.05) is 6.61 Å². The zero-order valence-electron chi connectivity index (χ0n) is 21.2. The van der Waals surface area contributed by atoms with Crippen molar-refractivity contribution in [2.24, 2.45) is 5.41 Å². The maximum atomic E-state index is 11.9. The normalized spacial score (nSPS) is 16.6. The van der Waals surface area contributed by atoms with Gasteiger partial charge in [-0.1, -0.05) is 101 Å². The Kier molecular flexibility index (Phi) is 8.21. The summed E-state index contributed by atoms with van der Waals surface area (Å²) < 4.78 is 0. The summed E-state index contributed by atoms with van der Waals surface area (Å²) in [5.41, 5.74) is 4.11. The van der Waals surface area contributed by atoms with E-state index in [0.717, 1.165) is 31.2 Å². The van der Waals surface area contributed by atoms with Crippen molar-refractivity contribution >= 4 is 0 Å². The van der Waals surface area contributed by atoms with Gasteiger partial charge in [0, 0.05) is 5.41 Å². The van der Waals surface area contributed by atoms with E-state index in [-0.39, 0.29) is 22.9 Å². The number of aliphatic hydroxyl groups is 2. The zero-order valence-corrected chi connectivity index (χ0v) is 21.2. The molecule has 0 aliphatic carbocycles. The van der Waals surface area contributed by atoms with Gasteiger partial charge in [0.25, 0.3) is 0 Å². The highest BCUT2D eigenvalue weighted by atomic mass is 16.3. The zero-order chi connectivity index (χ0) is 22.8. The molecule has 0 heterocycles. The number of hydrogen-bond acceptors (Lipinski definition) is 2. The van der Waals surface area contributed by atoms with Crippen LogP contribution in [0.4, 0.5) is 0 Å². The van der Waals surface area contributed by atoms with Gasteiger partial charge < -0.3 is 10.2 Å². The number of aliphatic hydroxyl groups excluding tert-OH is 2. The third kappa shape index (κ3) is 5.85. The van der Waals surface area contributed by atoms with E-state index in [1.54, 1.807) is 0 Å². The lowest BCUT2D eigenvalue weighted by atomic mass is 9.65. The Morgan fingerprint density at radius 3 is 1.52 bits per heavy atom. The standard InChI is InChI=1S/C27H48O2/c1-12-14-15-27(13-2,18-28)23(29)22-20(25(6,7)8)16-19(24(3,4)5)17-21(22)26(9,10)11/h16-17,23,28-29H,12-15,18H2,1-11H3. The Morgan fingerprint density at radius 2 is 1.24 bits per heavy atom. The first kappa shape index (κ1) is 26.2. The van der Waals surface area contributed by atoms with Crippen LogP contribution in [0.2, 0.25) is 0 Å². The summed E-state index contributed by atoms with van der Waals surface area (Å²) >= 11 is 0. The van der Waals surface area contributed by atoms with Crippen molar-refractivity contribution in [3.8, 4) is 0 Å². The van der Waals surface area contributed by atoms with Crippen LogP contribution in [0.3, 0.4) is 0 Å². The van der Waals surface area contributed by atoms with E-state index in [1.807, 2.05) is 0 Å². The average molecular weight is 405 g/mol. The number of benzene rings is 1. The van der Waals surface area contributed by atoms with Crippen molar-refractivity contribution < 1.29 is 10.2 Å². The second kappa shape index (κ2) is 9.10. The molecule has 1 aromatic rings. The highest BCUT2D eigenvalue weighted by Crippen LogP contribution is 2.48. The van der Waals surface area contributed by atoms with Gasteiger partial charge >= 0.3 is 0 Å². The second-order valence-corrected chi connectivity index (χ2v) is 12.1. The first-order valence-corrected chi connectivity index (χ1v) is 11.5. The van der Waals surface area contributed by atoms with Crippen LogP contribution in [-0.4, -0.2) is 16.8 Å². The monoisotopic (exact) mass is 404 g/mol. The minimum Gasteiger partial charge on any atom is -0.396 e. The molecule has 0 aromatic heterocycles. The Balaban J connectivity index is 3.95. The summed E-state index contributed by atoms with van der Waals surface area (Å²) in [6.45, 7) is 24.4. The molecule has 0 amide bonds. The largest absolute Gasteiger partial charge is 0.396 e. The topological polar surface area (TPSA) is 40.5 Å². The van der Waals surface area contributed by atoms with E-state index in [9.17, 15) is 10.2 Å². The van der Waals surface area contributed by atoms with Crippen LogP contribution in [0.1, 0.15) is 130 Å². The smallest absolute Gasteiger partial charge is 0.0873 e. The molecule has 1 rings (SSSR count). The lowest BCUT2D eigenvalue weighted by Crippen LogP contribution is -2.36. The molecule has 0 fully saturated rings. The van der Waals surface area contributed by atoms with Crippen molar-refractivity contribution in [2.45, 2.75) is 124 Å². The van der Waals surface area contributed by atoms with Crippen LogP contribution in [0.5, 0.6) is 0 Å². The van der Waals surface area contributed by atoms with Gasteiger partial charge in [0.15, 0.2) is 0 Å². The number of hydrogen-bond donors (Lipinski definition) is 2. The minimum atomic E-state index is -0.679. The summed E-state index contributed by atoms with van der Waals surface area (Å²) in [6.07, 6.45) is 3.00. The van der Waals surface area contributed by atoms with Gasteiger partial charge in [-0.05, 0) is 51.3 Å². The molecule has 2 atom stereocenters. The Labute approximate surface area is 181 Å². The molecule has 0 aliphatic rings. The van der Waals surface area contributed by atoms with Gasteiger partial charge in [0.05, 0.1) is 12.7 Å². The Hall–Kier alpha value is -0.860. The first-order chi connectivity index (χ1) is 13.0. The fourth-order valence-electron chi connectivity index (χ4n) is 4.24. The molecular formula is C27H48O2. The van der Waals surface area contributed by atoms with E-state index >= 15 is 0 Å². The minimum absolute atomic E-state index is 0.0128. The quantitative estimate of drug-likeness (QED) is 0.505. The van der Waals surface area contributed by atoms with Crippen LogP contribution in [0, 0.1) is 5.41 Å². The van der Waals surface area contributed by atoms with Crippen molar-refractivity contribution in [3.63, 3.8) is 0 Å². The van der Waals surface area contributed by atoms with Crippen LogP contribution >= 0.6 is 0 Å². The van der Waals surface area contributed by atoms with Gasteiger partial charge in [-0.15, -0.1) is 0 Å². The first-order valence-electron chi connectivity index (χ1n) is 11.5.